The molecular formula is C20H23F3N2O3. The third-order valence-corrected chi connectivity index (χ3v) is 4.93. The van der Waals surface area contributed by atoms with Crippen molar-refractivity contribution >= 4 is 5.91 Å². The molecule has 1 amide bonds. The molecule has 0 spiro atoms. The predicted octanol–water partition coefficient (Wildman–Crippen LogP) is 3.76. The first-order chi connectivity index (χ1) is 13.3. The Morgan fingerprint density at radius 1 is 1.25 bits per heavy atom. The molecule has 3 rings (SSSR count). The van der Waals surface area contributed by atoms with Gasteiger partial charge in [-0.05, 0) is 31.2 Å². The monoisotopic (exact) mass is 396 g/mol. The maximum atomic E-state index is 12.9. The van der Waals surface area contributed by atoms with Crippen LogP contribution in [0.25, 0.3) is 11.3 Å². The summed E-state index contributed by atoms with van der Waals surface area (Å²) >= 11 is 0. The summed E-state index contributed by atoms with van der Waals surface area (Å²) in [4.78, 5) is 16.7. The molecule has 28 heavy (non-hydrogen) atoms. The molecule has 0 radical (unpaired) electrons. The lowest BCUT2D eigenvalue weighted by molar-refractivity contribution is -0.137. The lowest BCUT2D eigenvalue weighted by Gasteiger charge is -2.39. The van der Waals surface area contributed by atoms with Crippen molar-refractivity contribution in [3.05, 3.63) is 47.7 Å². The van der Waals surface area contributed by atoms with Crippen LogP contribution in [0.5, 0.6) is 0 Å². The van der Waals surface area contributed by atoms with Crippen LogP contribution >= 0.6 is 0 Å². The fourth-order valence-electron chi connectivity index (χ4n) is 3.33. The number of piperazine rings is 1. The average molecular weight is 396 g/mol. The first kappa shape index (κ1) is 20.4. The van der Waals surface area contributed by atoms with Crippen LogP contribution in [0.2, 0.25) is 0 Å². The van der Waals surface area contributed by atoms with Crippen molar-refractivity contribution < 1.29 is 27.1 Å². The molecule has 0 aliphatic carbocycles. The van der Waals surface area contributed by atoms with Crippen LogP contribution < -0.4 is 0 Å². The summed E-state index contributed by atoms with van der Waals surface area (Å²) < 4.78 is 49.4. The molecule has 1 aliphatic rings. The fraction of sp³-hybridized carbons (Fsp3) is 0.450. The van der Waals surface area contributed by atoms with Crippen LogP contribution in [0.15, 0.2) is 40.8 Å². The fourth-order valence-corrected chi connectivity index (χ4v) is 3.33. The summed E-state index contributed by atoms with van der Waals surface area (Å²) in [5.41, 5.74) is -0.470. The molecule has 1 aromatic carbocycles. The molecule has 8 heteroatoms. The van der Waals surface area contributed by atoms with Crippen LogP contribution in [0.1, 0.15) is 23.0 Å². The van der Waals surface area contributed by atoms with Gasteiger partial charge >= 0.3 is 6.18 Å². The maximum Gasteiger partial charge on any atom is 0.416 e. The standard InChI is InChI=1S/C20H23F3N2O3/c1-14-13-25(9-8-24(14)10-11-27-2)19(26)18-7-6-17(28-18)15-4-3-5-16(12-15)20(21,22)23/h3-7,12,14H,8-11,13H2,1-2H3. The quantitative estimate of drug-likeness (QED) is 0.772. The molecule has 1 aliphatic heterocycles. The minimum Gasteiger partial charge on any atom is -0.451 e. The smallest absolute Gasteiger partial charge is 0.416 e. The van der Waals surface area contributed by atoms with Crippen molar-refractivity contribution in [3.8, 4) is 11.3 Å². The molecule has 1 atom stereocenters. The van der Waals surface area contributed by atoms with Gasteiger partial charge in [0, 0.05) is 44.9 Å². The van der Waals surface area contributed by atoms with E-state index in [-0.39, 0.29) is 29.0 Å². The Morgan fingerprint density at radius 3 is 2.71 bits per heavy atom. The minimum absolute atomic E-state index is 0.130. The van der Waals surface area contributed by atoms with Gasteiger partial charge in [0.25, 0.3) is 5.91 Å². The molecular weight excluding hydrogens is 373 g/mol. The highest BCUT2D eigenvalue weighted by Gasteiger charge is 2.31. The second-order valence-electron chi connectivity index (χ2n) is 6.87. The number of alkyl halides is 3. The molecule has 0 saturated carbocycles. The van der Waals surface area contributed by atoms with E-state index in [0.717, 1.165) is 25.2 Å². The van der Waals surface area contributed by atoms with Crippen LogP contribution in [0, 0.1) is 0 Å². The van der Waals surface area contributed by atoms with Gasteiger partial charge in [-0.15, -0.1) is 0 Å². The van der Waals surface area contributed by atoms with E-state index < -0.39 is 11.7 Å². The molecule has 1 saturated heterocycles. The zero-order valence-corrected chi connectivity index (χ0v) is 15.8. The lowest BCUT2D eigenvalue weighted by Crippen LogP contribution is -2.54. The molecule has 1 unspecified atom stereocenters. The number of nitrogens with zero attached hydrogens (tertiary/aromatic N) is 2. The van der Waals surface area contributed by atoms with E-state index in [9.17, 15) is 18.0 Å². The lowest BCUT2D eigenvalue weighted by atomic mass is 10.1. The third-order valence-electron chi connectivity index (χ3n) is 4.93. The number of methoxy groups -OCH3 is 1. The van der Waals surface area contributed by atoms with E-state index in [2.05, 4.69) is 4.90 Å². The van der Waals surface area contributed by atoms with E-state index >= 15 is 0 Å². The van der Waals surface area contributed by atoms with Crippen molar-refractivity contribution in [3.63, 3.8) is 0 Å². The number of halogens is 3. The summed E-state index contributed by atoms with van der Waals surface area (Å²) in [6.07, 6.45) is -4.43. The Bertz CT molecular complexity index is 819. The number of amides is 1. The van der Waals surface area contributed by atoms with Gasteiger partial charge in [-0.2, -0.15) is 13.2 Å². The van der Waals surface area contributed by atoms with Gasteiger partial charge in [0.1, 0.15) is 5.76 Å². The van der Waals surface area contributed by atoms with Crippen molar-refractivity contribution in [1.29, 1.82) is 0 Å². The minimum atomic E-state index is -4.43. The number of hydrogen-bond donors (Lipinski definition) is 0. The normalized spacial score (nSPS) is 18.5. The number of benzene rings is 1. The van der Waals surface area contributed by atoms with Gasteiger partial charge in [-0.3, -0.25) is 9.69 Å². The Labute approximate surface area is 161 Å². The molecule has 1 fully saturated rings. The maximum absolute atomic E-state index is 12.9. The number of ether oxygens (including phenoxy) is 1. The summed E-state index contributed by atoms with van der Waals surface area (Å²) in [6.45, 7) is 5.34. The third kappa shape index (κ3) is 4.56. The Balaban J connectivity index is 1.70. The summed E-state index contributed by atoms with van der Waals surface area (Å²) in [5, 5.41) is 0. The number of furan rings is 1. The molecule has 1 aromatic heterocycles. The van der Waals surface area contributed by atoms with Crippen LogP contribution in [-0.2, 0) is 10.9 Å². The summed E-state index contributed by atoms with van der Waals surface area (Å²) in [5.74, 6) is 0.114. The average Bonchev–Trinajstić information content (AvgIpc) is 3.16. The highest BCUT2D eigenvalue weighted by atomic mass is 19.4. The zero-order valence-electron chi connectivity index (χ0n) is 15.8. The van der Waals surface area contributed by atoms with Crippen LogP contribution in [-0.4, -0.2) is 61.6 Å². The first-order valence-electron chi connectivity index (χ1n) is 9.09. The van der Waals surface area contributed by atoms with Gasteiger partial charge in [-0.1, -0.05) is 12.1 Å². The molecule has 5 nitrogen and oxygen atoms in total. The predicted molar refractivity (Wildman–Crippen MR) is 98.0 cm³/mol. The van der Waals surface area contributed by atoms with E-state index in [4.69, 9.17) is 9.15 Å². The second kappa shape index (κ2) is 8.36. The molecule has 0 N–H and O–H groups in total. The molecule has 2 heterocycles. The number of rotatable bonds is 5. The van der Waals surface area contributed by atoms with E-state index in [0.29, 0.717) is 19.7 Å². The number of hydrogen-bond acceptors (Lipinski definition) is 4. The van der Waals surface area contributed by atoms with Gasteiger partial charge in [0.05, 0.1) is 12.2 Å². The topological polar surface area (TPSA) is 45.9 Å². The van der Waals surface area contributed by atoms with Gasteiger partial charge in [0.15, 0.2) is 5.76 Å². The van der Waals surface area contributed by atoms with Crippen molar-refractivity contribution in [1.82, 2.24) is 9.80 Å². The molecule has 2 aromatic rings. The molecule has 0 bridgehead atoms. The highest BCUT2D eigenvalue weighted by molar-refractivity contribution is 5.92. The van der Waals surface area contributed by atoms with E-state index in [1.807, 2.05) is 6.92 Å². The van der Waals surface area contributed by atoms with Gasteiger partial charge < -0.3 is 14.1 Å². The molecule has 152 valence electrons. The first-order valence-corrected chi connectivity index (χ1v) is 9.09. The Kier molecular flexibility index (Phi) is 6.10. The highest BCUT2D eigenvalue weighted by Crippen LogP contribution is 2.32. The second-order valence-corrected chi connectivity index (χ2v) is 6.87. The number of carbonyl (C=O) groups is 1. The number of carbonyl (C=O) groups excluding carboxylic acids is 1. The summed E-state index contributed by atoms with van der Waals surface area (Å²) in [7, 11) is 1.66. The van der Waals surface area contributed by atoms with E-state index in [1.165, 1.54) is 24.3 Å². The zero-order chi connectivity index (χ0) is 20.3. The summed E-state index contributed by atoms with van der Waals surface area (Å²) in [6, 6.07) is 8.10. The SMILES string of the molecule is COCCN1CCN(C(=O)c2ccc(-c3cccc(C(F)(F)F)c3)o2)CC1C. The largest absolute Gasteiger partial charge is 0.451 e. The van der Waals surface area contributed by atoms with Gasteiger partial charge in [0.2, 0.25) is 0 Å². The van der Waals surface area contributed by atoms with E-state index in [1.54, 1.807) is 12.0 Å². The van der Waals surface area contributed by atoms with Crippen molar-refractivity contribution in [2.24, 2.45) is 0 Å². The van der Waals surface area contributed by atoms with Crippen LogP contribution in [0.3, 0.4) is 0 Å². The Hall–Kier alpha value is -2.32. The van der Waals surface area contributed by atoms with Gasteiger partial charge in [-0.25, -0.2) is 0 Å². The van der Waals surface area contributed by atoms with Crippen molar-refractivity contribution in [2.45, 2.75) is 19.1 Å². The van der Waals surface area contributed by atoms with Crippen LogP contribution in [0.4, 0.5) is 13.2 Å². The van der Waals surface area contributed by atoms with Crippen molar-refractivity contribution in [2.75, 3.05) is 39.9 Å². The Morgan fingerprint density at radius 2 is 2.04 bits per heavy atom.